The Morgan fingerprint density at radius 3 is 2.53 bits per heavy atom. The van der Waals surface area contributed by atoms with Crippen LogP contribution >= 0.6 is 0 Å². The average Bonchev–Trinajstić information content (AvgIpc) is 3.28. The topological polar surface area (TPSA) is 63.8 Å². The number of benzene rings is 1. The molecule has 0 bridgehead atoms. The molecule has 4 rings (SSSR count). The molecule has 19 heavy (non-hydrogen) atoms. The maximum absolute atomic E-state index is 5.81. The first kappa shape index (κ1) is 11.0. The summed E-state index contributed by atoms with van der Waals surface area (Å²) in [5.41, 5.74) is 7.48. The largest absolute Gasteiger partial charge is 0.399 e. The molecule has 1 aromatic carbocycles. The molecule has 0 radical (unpaired) electrons. The minimum atomic E-state index is 0.607. The van der Waals surface area contributed by atoms with Crippen LogP contribution in [0, 0.1) is 11.8 Å². The Kier molecular flexibility index (Phi) is 2.37. The van der Waals surface area contributed by atoms with Crippen molar-refractivity contribution < 1.29 is 0 Å². The number of nitrogens with zero attached hydrogens (tertiary/aromatic N) is 2. The zero-order valence-corrected chi connectivity index (χ0v) is 10.8. The quantitative estimate of drug-likeness (QED) is 0.823. The van der Waals surface area contributed by atoms with Gasteiger partial charge >= 0.3 is 0 Å². The van der Waals surface area contributed by atoms with Gasteiger partial charge in [0.1, 0.15) is 12.1 Å². The van der Waals surface area contributed by atoms with Gasteiger partial charge < -0.3 is 11.1 Å². The lowest BCUT2D eigenvalue weighted by atomic mass is 10.1. The van der Waals surface area contributed by atoms with Gasteiger partial charge in [0, 0.05) is 17.1 Å². The normalized spacial score (nSPS) is 19.0. The SMILES string of the molecule is Nc1ccc2c(NC(C3CC3)C3CC3)ncnc2c1. The molecule has 0 saturated heterocycles. The fourth-order valence-corrected chi connectivity index (χ4v) is 2.88. The van der Waals surface area contributed by atoms with Crippen molar-refractivity contribution in [2.24, 2.45) is 11.8 Å². The van der Waals surface area contributed by atoms with Crippen LogP contribution in [-0.4, -0.2) is 16.0 Å². The van der Waals surface area contributed by atoms with Crippen LogP contribution in [0.4, 0.5) is 11.5 Å². The summed E-state index contributed by atoms with van der Waals surface area (Å²) in [6, 6.07) is 6.45. The summed E-state index contributed by atoms with van der Waals surface area (Å²) < 4.78 is 0. The molecule has 3 N–H and O–H groups in total. The molecule has 0 atom stereocenters. The predicted octanol–water partition coefficient (Wildman–Crippen LogP) is 2.81. The number of hydrogen-bond donors (Lipinski definition) is 2. The molecule has 0 unspecified atom stereocenters. The zero-order valence-electron chi connectivity index (χ0n) is 10.8. The van der Waals surface area contributed by atoms with E-state index in [4.69, 9.17) is 5.73 Å². The standard InChI is InChI=1S/C15H18N4/c16-11-5-6-12-13(7-11)17-8-18-15(12)19-14(9-1-2-9)10-3-4-10/h5-10,14H,1-4,16H2,(H,17,18,19). The number of hydrogen-bond acceptors (Lipinski definition) is 4. The van der Waals surface area contributed by atoms with Crippen molar-refractivity contribution in [2.45, 2.75) is 31.7 Å². The Hall–Kier alpha value is -1.84. The van der Waals surface area contributed by atoms with Crippen molar-refractivity contribution in [3.63, 3.8) is 0 Å². The molecule has 2 fully saturated rings. The van der Waals surface area contributed by atoms with Gasteiger partial charge in [-0.3, -0.25) is 0 Å². The lowest BCUT2D eigenvalue weighted by Gasteiger charge is -2.19. The van der Waals surface area contributed by atoms with Crippen molar-refractivity contribution in [3.8, 4) is 0 Å². The van der Waals surface area contributed by atoms with E-state index < -0.39 is 0 Å². The van der Waals surface area contributed by atoms with Crippen molar-refractivity contribution >= 4 is 22.4 Å². The van der Waals surface area contributed by atoms with Crippen LogP contribution < -0.4 is 11.1 Å². The van der Waals surface area contributed by atoms with E-state index >= 15 is 0 Å². The third-order valence-electron chi connectivity index (χ3n) is 4.22. The summed E-state index contributed by atoms with van der Waals surface area (Å²) in [4.78, 5) is 8.73. The number of anilines is 2. The number of nitrogens with one attached hydrogen (secondary N) is 1. The Morgan fingerprint density at radius 2 is 1.84 bits per heavy atom. The molecule has 4 nitrogen and oxygen atoms in total. The Labute approximate surface area is 112 Å². The van der Waals surface area contributed by atoms with E-state index in [0.29, 0.717) is 6.04 Å². The van der Waals surface area contributed by atoms with Crippen molar-refractivity contribution in [1.82, 2.24) is 9.97 Å². The molecule has 0 amide bonds. The zero-order chi connectivity index (χ0) is 12.8. The molecule has 98 valence electrons. The van der Waals surface area contributed by atoms with Crippen molar-refractivity contribution in [1.29, 1.82) is 0 Å². The van der Waals surface area contributed by atoms with Crippen LogP contribution in [0.1, 0.15) is 25.7 Å². The number of aromatic nitrogens is 2. The van der Waals surface area contributed by atoms with E-state index in [9.17, 15) is 0 Å². The van der Waals surface area contributed by atoms with Crippen LogP contribution in [0.5, 0.6) is 0 Å². The fraction of sp³-hybridized carbons (Fsp3) is 0.467. The van der Waals surface area contributed by atoms with Crippen LogP contribution in [0.3, 0.4) is 0 Å². The number of nitrogen functional groups attached to an aromatic ring is 1. The Balaban J connectivity index is 1.69. The van der Waals surface area contributed by atoms with Crippen LogP contribution in [0.15, 0.2) is 24.5 Å². The molecule has 2 aliphatic carbocycles. The van der Waals surface area contributed by atoms with Crippen LogP contribution in [0.2, 0.25) is 0 Å². The maximum Gasteiger partial charge on any atom is 0.137 e. The highest BCUT2D eigenvalue weighted by Gasteiger charge is 2.41. The molecule has 1 aromatic heterocycles. The Morgan fingerprint density at radius 1 is 1.11 bits per heavy atom. The highest BCUT2D eigenvalue weighted by Crippen LogP contribution is 2.46. The fourth-order valence-electron chi connectivity index (χ4n) is 2.88. The summed E-state index contributed by atoms with van der Waals surface area (Å²) in [5.74, 6) is 2.67. The number of rotatable bonds is 4. The minimum absolute atomic E-state index is 0.607. The first-order valence-corrected chi connectivity index (χ1v) is 7.08. The molecule has 2 aromatic rings. The molecule has 0 aliphatic heterocycles. The number of nitrogens with two attached hydrogens (primary N) is 1. The first-order chi connectivity index (χ1) is 9.31. The molecule has 2 aliphatic rings. The summed E-state index contributed by atoms with van der Waals surface area (Å²) in [5, 5.41) is 4.75. The lowest BCUT2D eigenvalue weighted by molar-refractivity contribution is 0.566. The summed E-state index contributed by atoms with van der Waals surface area (Å²) in [6.45, 7) is 0. The van der Waals surface area contributed by atoms with Crippen molar-refractivity contribution in [2.75, 3.05) is 11.1 Å². The van der Waals surface area contributed by atoms with Gasteiger partial charge in [0.25, 0.3) is 0 Å². The summed E-state index contributed by atoms with van der Waals surface area (Å²) >= 11 is 0. The van der Waals surface area contributed by atoms with Gasteiger partial charge in [0.05, 0.1) is 5.52 Å². The van der Waals surface area contributed by atoms with Crippen molar-refractivity contribution in [3.05, 3.63) is 24.5 Å². The Bertz CT molecular complexity index is 605. The molecule has 1 heterocycles. The highest BCUT2D eigenvalue weighted by molar-refractivity contribution is 5.90. The summed E-state index contributed by atoms with van der Waals surface area (Å²) in [6.07, 6.45) is 7.09. The van der Waals surface area contributed by atoms with Gasteiger partial charge in [-0.05, 0) is 55.7 Å². The molecular formula is C15H18N4. The third-order valence-corrected chi connectivity index (χ3v) is 4.22. The second kappa shape index (κ2) is 4.08. The monoisotopic (exact) mass is 254 g/mol. The van der Waals surface area contributed by atoms with Gasteiger partial charge in [0.2, 0.25) is 0 Å². The molecular weight excluding hydrogens is 236 g/mol. The molecule has 0 spiro atoms. The van der Waals surface area contributed by atoms with E-state index in [1.807, 2.05) is 18.2 Å². The predicted molar refractivity (Wildman–Crippen MR) is 76.8 cm³/mol. The molecule has 2 saturated carbocycles. The maximum atomic E-state index is 5.81. The van der Waals surface area contributed by atoms with E-state index in [2.05, 4.69) is 15.3 Å². The second-order valence-electron chi connectivity index (χ2n) is 5.84. The van der Waals surface area contributed by atoms with E-state index in [1.54, 1.807) is 6.33 Å². The number of fused-ring (bicyclic) bond motifs is 1. The lowest BCUT2D eigenvalue weighted by Crippen LogP contribution is -2.25. The van der Waals surface area contributed by atoms with Crippen LogP contribution in [0.25, 0.3) is 10.9 Å². The molecule has 4 heteroatoms. The van der Waals surface area contributed by atoms with Gasteiger partial charge in [-0.2, -0.15) is 0 Å². The van der Waals surface area contributed by atoms with Gasteiger partial charge in [-0.15, -0.1) is 0 Å². The van der Waals surface area contributed by atoms with E-state index in [-0.39, 0.29) is 0 Å². The second-order valence-corrected chi connectivity index (χ2v) is 5.84. The van der Waals surface area contributed by atoms with Gasteiger partial charge in [-0.25, -0.2) is 9.97 Å². The van der Waals surface area contributed by atoms with Gasteiger partial charge in [0.15, 0.2) is 0 Å². The smallest absolute Gasteiger partial charge is 0.137 e. The van der Waals surface area contributed by atoms with E-state index in [1.165, 1.54) is 25.7 Å². The average molecular weight is 254 g/mol. The summed E-state index contributed by atoms with van der Waals surface area (Å²) in [7, 11) is 0. The van der Waals surface area contributed by atoms with Crippen LogP contribution in [-0.2, 0) is 0 Å². The minimum Gasteiger partial charge on any atom is -0.399 e. The highest BCUT2D eigenvalue weighted by atomic mass is 15.1. The third kappa shape index (κ3) is 2.11. The first-order valence-electron chi connectivity index (χ1n) is 7.08. The van der Waals surface area contributed by atoms with Gasteiger partial charge in [-0.1, -0.05) is 0 Å². The van der Waals surface area contributed by atoms with E-state index in [0.717, 1.165) is 34.2 Å².